The number of hydrogen-bond donors (Lipinski definition) is 0. The molecule has 0 radical (unpaired) electrons. The van der Waals surface area contributed by atoms with Gasteiger partial charge in [-0.25, -0.2) is 4.79 Å². The first kappa shape index (κ1) is 16.6. The van der Waals surface area contributed by atoms with Crippen molar-refractivity contribution in [3.05, 3.63) is 65.6 Å². The molecule has 24 heavy (non-hydrogen) atoms. The van der Waals surface area contributed by atoms with Gasteiger partial charge in [0, 0.05) is 6.42 Å². The van der Waals surface area contributed by atoms with Crippen LogP contribution in [0.4, 0.5) is 4.79 Å². The largest absolute Gasteiger partial charge is 0.447 e. The zero-order valence-corrected chi connectivity index (χ0v) is 14.2. The highest BCUT2D eigenvalue weighted by Gasteiger charge is 2.35. The van der Waals surface area contributed by atoms with Gasteiger partial charge in [-0.05, 0) is 43.2 Å². The number of rotatable bonds is 5. The van der Waals surface area contributed by atoms with Gasteiger partial charge in [0.15, 0.2) is 0 Å². The fourth-order valence-corrected chi connectivity index (χ4v) is 3.48. The van der Waals surface area contributed by atoms with Crippen LogP contribution in [0.25, 0.3) is 0 Å². The molecule has 2 fully saturated rings. The van der Waals surface area contributed by atoms with Gasteiger partial charge in [0.05, 0.1) is 11.7 Å². The van der Waals surface area contributed by atoms with Crippen molar-refractivity contribution in [3.63, 3.8) is 0 Å². The summed E-state index contributed by atoms with van der Waals surface area (Å²) in [5.41, 5.74) is 6.99. The molecule has 1 aliphatic carbocycles. The Bertz CT molecular complexity index is 648. The Hall–Kier alpha value is -2.25. The number of amides is 1. The summed E-state index contributed by atoms with van der Waals surface area (Å²) in [6, 6.07) is 10.3. The van der Waals surface area contributed by atoms with Gasteiger partial charge in [-0.2, -0.15) is 0 Å². The minimum absolute atomic E-state index is 0.0338. The molecule has 3 rings (SSSR count). The average molecular weight is 323 g/mol. The van der Waals surface area contributed by atoms with Crippen molar-refractivity contribution in [2.24, 2.45) is 0 Å². The van der Waals surface area contributed by atoms with Crippen LogP contribution in [-0.4, -0.2) is 23.6 Å². The number of allylic oxidation sites excluding steroid dienone is 1. The van der Waals surface area contributed by atoms with Crippen molar-refractivity contribution in [1.82, 2.24) is 4.90 Å². The number of hydrogen-bond acceptors (Lipinski definition) is 2. The molecule has 0 bridgehead atoms. The Balaban J connectivity index is 1.87. The molecule has 0 aromatic heterocycles. The number of nitrogens with zero attached hydrogens (tertiary/aromatic N) is 1. The number of cyclic esters (lactones) is 1. The molecular formula is C21H25NO2. The third kappa shape index (κ3) is 3.98. The molecular weight excluding hydrogens is 298 g/mol. The first-order valence-electron chi connectivity index (χ1n) is 8.86. The van der Waals surface area contributed by atoms with E-state index in [1.54, 1.807) is 4.90 Å². The van der Waals surface area contributed by atoms with Crippen LogP contribution < -0.4 is 0 Å². The average Bonchev–Trinajstić information content (AvgIpc) is 2.97. The van der Waals surface area contributed by atoms with Gasteiger partial charge in [-0.15, -0.1) is 6.58 Å². The first-order valence-corrected chi connectivity index (χ1v) is 8.86. The second-order valence-electron chi connectivity index (χ2n) is 6.52. The van der Waals surface area contributed by atoms with Crippen molar-refractivity contribution < 1.29 is 9.53 Å². The summed E-state index contributed by atoms with van der Waals surface area (Å²) in [6.45, 7) is 4.29. The molecule has 1 amide bonds. The van der Waals surface area contributed by atoms with Crippen molar-refractivity contribution in [2.75, 3.05) is 6.61 Å². The van der Waals surface area contributed by atoms with Crippen LogP contribution >= 0.6 is 0 Å². The Kier molecular flexibility index (Phi) is 5.55. The van der Waals surface area contributed by atoms with Crippen LogP contribution in [0.15, 0.2) is 60.0 Å². The molecule has 1 atom stereocenters. The van der Waals surface area contributed by atoms with E-state index < -0.39 is 0 Å². The Morgan fingerprint density at radius 2 is 2.00 bits per heavy atom. The third-order valence-electron chi connectivity index (χ3n) is 4.68. The SMILES string of the molecule is C=CCC(=C=C1CCCCC1)N1C(=O)OC[C@H]1Cc1ccccc1. The summed E-state index contributed by atoms with van der Waals surface area (Å²) in [5, 5.41) is 0. The highest BCUT2D eigenvalue weighted by Crippen LogP contribution is 2.27. The van der Waals surface area contributed by atoms with Crippen LogP contribution in [0, 0.1) is 0 Å². The summed E-state index contributed by atoms with van der Waals surface area (Å²) >= 11 is 0. The standard InChI is InChI=1S/C21H25NO2/c1-2-9-19(14-17-10-5-3-6-11-17)22-20(16-24-21(22)23)15-18-12-7-4-8-13-18/h2,4,7-8,12-13,20H,1,3,5-6,9-11,15-16H2/t20-/m1/s1. The van der Waals surface area contributed by atoms with E-state index in [2.05, 4.69) is 24.4 Å². The van der Waals surface area contributed by atoms with Crippen LogP contribution in [0.1, 0.15) is 44.1 Å². The highest BCUT2D eigenvalue weighted by molar-refractivity contribution is 5.72. The van der Waals surface area contributed by atoms with Gasteiger partial charge in [0.25, 0.3) is 0 Å². The minimum atomic E-state index is -0.253. The Morgan fingerprint density at radius 1 is 1.25 bits per heavy atom. The molecule has 126 valence electrons. The van der Waals surface area contributed by atoms with Gasteiger partial charge in [0.1, 0.15) is 6.61 Å². The zero-order chi connectivity index (χ0) is 16.8. The van der Waals surface area contributed by atoms with E-state index in [0.717, 1.165) is 25.0 Å². The van der Waals surface area contributed by atoms with Gasteiger partial charge in [0.2, 0.25) is 0 Å². The lowest BCUT2D eigenvalue weighted by Gasteiger charge is -2.23. The predicted molar refractivity (Wildman–Crippen MR) is 95.6 cm³/mol. The lowest BCUT2D eigenvalue weighted by Crippen LogP contribution is -2.34. The Labute approximate surface area is 144 Å². The summed E-state index contributed by atoms with van der Waals surface area (Å²) < 4.78 is 5.35. The summed E-state index contributed by atoms with van der Waals surface area (Å²) in [4.78, 5) is 14.1. The fourth-order valence-electron chi connectivity index (χ4n) is 3.48. The molecule has 2 aliphatic rings. The van der Waals surface area contributed by atoms with Crippen molar-refractivity contribution in [2.45, 2.75) is 51.0 Å². The van der Waals surface area contributed by atoms with Crippen LogP contribution in [0.5, 0.6) is 0 Å². The number of benzene rings is 1. The molecule has 1 heterocycles. The van der Waals surface area contributed by atoms with E-state index in [9.17, 15) is 4.79 Å². The highest BCUT2D eigenvalue weighted by atomic mass is 16.6. The predicted octanol–water partition coefficient (Wildman–Crippen LogP) is 5.00. The first-order chi connectivity index (χ1) is 11.8. The molecule has 0 N–H and O–H groups in total. The molecule has 0 unspecified atom stereocenters. The van der Waals surface area contributed by atoms with Crippen molar-refractivity contribution in [1.29, 1.82) is 0 Å². The fraction of sp³-hybridized carbons (Fsp3) is 0.429. The maximum absolute atomic E-state index is 12.3. The second-order valence-corrected chi connectivity index (χ2v) is 6.52. The van der Waals surface area contributed by atoms with E-state index in [0.29, 0.717) is 13.0 Å². The molecule has 1 saturated heterocycles. The van der Waals surface area contributed by atoms with Gasteiger partial charge in [-0.1, -0.05) is 48.6 Å². The third-order valence-corrected chi connectivity index (χ3v) is 4.68. The van der Waals surface area contributed by atoms with Crippen LogP contribution in [0.2, 0.25) is 0 Å². The van der Waals surface area contributed by atoms with Crippen LogP contribution in [-0.2, 0) is 11.2 Å². The van der Waals surface area contributed by atoms with Crippen molar-refractivity contribution >= 4 is 6.09 Å². The van der Waals surface area contributed by atoms with Crippen LogP contribution in [0.3, 0.4) is 0 Å². The molecule has 1 aromatic carbocycles. The molecule has 1 aliphatic heterocycles. The summed E-state index contributed by atoms with van der Waals surface area (Å²) in [5.74, 6) is 0. The minimum Gasteiger partial charge on any atom is -0.447 e. The maximum atomic E-state index is 12.3. The Morgan fingerprint density at radius 3 is 2.71 bits per heavy atom. The van der Waals surface area contributed by atoms with Crippen molar-refractivity contribution in [3.8, 4) is 0 Å². The number of ether oxygens (including phenoxy) is 1. The monoisotopic (exact) mass is 323 g/mol. The smallest absolute Gasteiger partial charge is 0.414 e. The summed E-state index contributed by atoms with van der Waals surface area (Å²) in [7, 11) is 0. The topological polar surface area (TPSA) is 29.5 Å². The second kappa shape index (κ2) is 8.03. The molecule has 1 aromatic rings. The number of carbonyl (C=O) groups excluding carboxylic acids is 1. The molecule has 1 saturated carbocycles. The number of carbonyl (C=O) groups is 1. The van der Waals surface area contributed by atoms with Gasteiger partial charge < -0.3 is 4.74 Å². The molecule has 3 nitrogen and oxygen atoms in total. The zero-order valence-electron chi connectivity index (χ0n) is 14.2. The van der Waals surface area contributed by atoms with Gasteiger partial charge in [-0.3, -0.25) is 4.90 Å². The quantitative estimate of drug-likeness (QED) is 0.564. The lowest BCUT2D eigenvalue weighted by atomic mass is 9.95. The molecule has 3 heteroatoms. The normalized spacial score (nSPS) is 20.5. The summed E-state index contributed by atoms with van der Waals surface area (Å²) in [6.07, 6.45) is 8.95. The lowest BCUT2D eigenvalue weighted by molar-refractivity contribution is 0.164. The van der Waals surface area contributed by atoms with Gasteiger partial charge >= 0.3 is 6.09 Å². The van der Waals surface area contributed by atoms with E-state index >= 15 is 0 Å². The van der Waals surface area contributed by atoms with E-state index in [1.807, 2.05) is 24.3 Å². The maximum Gasteiger partial charge on any atom is 0.414 e. The van der Waals surface area contributed by atoms with E-state index in [1.165, 1.54) is 30.4 Å². The van der Waals surface area contributed by atoms with E-state index in [4.69, 9.17) is 4.74 Å². The molecule has 0 spiro atoms. The van der Waals surface area contributed by atoms with E-state index in [-0.39, 0.29) is 12.1 Å².